The first-order valence-corrected chi connectivity index (χ1v) is 11.1. The molecular formula is C22H26FNO2S. The Balaban J connectivity index is 1.73. The zero-order chi connectivity index (χ0) is 19.2. The number of rotatable bonds is 3. The number of nitrogens with zero attached hydrogens (tertiary/aromatic N) is 1. The van der Waals surface area contributed by atoms with Crippen LogP contribution in [0.5, 0.6) is 0 Å². The molecular weight excluding hydrogens is 361 g/mol. The van der Waals surface area contributed by atoms with Gasteiger partial charge in [0.15, 0.2) is 0 Å². The van der Waals surface area contributed by atoms with Gasteiger partial charge in [-0.05, 0) is 56.7 Å². The molecule has 3 atom stereocenters. The number of fused-ring (bicyclic) bond motifs is 1. The third-order valence-corrected chi connectivity index (χ3v) is 8.81. The average Bonchev–Trinajstić information content (AvgIpc) is 3.09. The lowest BCUT2D eigenvalue weighted by molar-refractivity contribution is 0.337. The molecule has 1 saturated heterocycles. The first-order valence-electron chi connectivity index (χ1n) is 9.64. The van der Waals surface area contributed by atoms with Crippen LogP contribution in [0.2, 0.25) is 0 Å². The van der Waals surface area contributed by atoms with Crippen LogP contribution in [-0.4, -0.2) is 30.1 Å². The Labute approximate surface area is 161 Å². The van der Waals surface area contributed by atoms with Crippen molar-refractivity contribution in [2.24, 2.45) is 0 Å². The largest absolute Gasteiger partial charge is 0.224 e. The lowest BCUT2D eigenvalue weighted by atomic mass is 9.80. The van der Waals surface area contributed by atoms with Crippen LogP contribution in [0, 0.1) is 12.7 Å². The summed E-state index contributed by atoms with van der Waals surface area (Å²) in [5.74, 6) is -0.138. The molecule has 1 fully saturated rings. The molecule has 1 aliphatic heterocycles. The molecule has 0 N–H and O–H groups in total. The van der Waals surface area contributed by atoms with E-state index < -0.39 is 14.8 Å². The molecule has 0 radical (unpaired) electrons. The minimum Gasteiger partial charge on any atom is -0.211 e. The molecule has 144 valence electrons. The summed E-state index contributed by atoms with van der Waals surface area (Å²) in [6.45, 7) is 4.11. The van der Waals surface area contributed by atoms with E-state index >= 15 is 0 Å². The molecule has 0 bridgehead atoms. The summed E-state index contributed by atoms with van der Waals surface area (Å²) in [4.78, 5) is 0. The minimum atomic E-state index is -3.51. The first kappa shape index (κ1) is 18.6. The molecule has 1 aromatic rings. The van der Waals surface area contributed by atoms with Crippen LogP contribution in [0.4, 0.5) is 4.39 Å². The SMILES string of the molecule is Cc1cc([C@@H]2CCC=C3CCN(S(=O)(=O)C4(C)C=CC=CC4)[C@H]32)ccc1F. The van der Waals surface area contributed by atoms with Crippen LogP contribution in [0.3, 0.4) is 0 Å². The van der Waals surface area contributed by atoms with E-state index in [4.69, 9.17) is 0 Å². The van der Waals surface area contributed by atoms with Gasteiger partial charge in [-0.15, -0.1) is 0 Å². The quantitative estimate of drug-likeness (QED) is 0.710. The third-order valence-electron chi connectivity index (χ3n) is 6.30. The molecule has 2 aliphatic carbocycles. The normalized spacial score (nSPS) is 31.0. The zero-order valence-corrected chi connectivity index (χ0v) is 16.7. The molecule has 3 aliphatic rings. The van der Waals surface area contributed by atoms with E-state index in [1.54, 1.807) is 11.2 Å². The summed E-state index contributed by atoms with van der Waals surface area (Å²) in [5.41, 5.74) is 2.87. The number of benzene rings is 1. The fraction of sp³-hybridized carbons (Fsp3) is 0.455. The zero-order valence-electron chi connectivity index (χ0n) is 15.9. The molecule has 1 heterocycles. The standard InChI is InChI=1S/C22H26FNO2S/c1-16-15-18(9-10-20(16)23)19-8-6-7-17-11-14-24(21(17)19)27(25,26)22(2)12-4-3-5-13-22/h3-5,7,9-10,12,15,19,21H,6,8,11,13-14H2,1-2H3/t19-,21+,22?/m0/s1. The molecule has 0 saturated carbocycles. The van der Waals surface area contributed by atoms with Crippen LogP contribution in [0.1, 0.15) is 49.7 Å². The Morgan fingerprint density at radius 1 is 1.26 bits per heavy atom. The van der Waals surface area contributed by atoms with Crippen LogP contribution < -0.4 is 0 Å². The van der Waals surface area contributed by atoms with Crippen molar-refractivity contribution in [1.29, 1.82) is 0 Å². The minimum absolute atomic E-state index is 0.0771. The van der Waals surface area contributed by atoms with Gasteiger partial charge in [0.05, 0.1) is 6.04 Å². The van der Waals surface area contributed by atoms with Gasteiger partial charge in [0.2, 0.25) is 10.0 Å². The van der Waals surface area contributed by atoms with E-state index in [0.29, 0.717) is 18.5 Å². The van der Waals surface area contributed by atoms with Gasteiger partial charge in [-0.1, -0.05) is 48.1 Å². The summed E-state index contributed by atoms with van der Waals surface area (Å²) in [6, 6.07) is 5.07. The van der Waals surface area contributed by atoms with Crippen molar-refractivity contribution in [2.75, 3.05) is 6.54 Å². The van der Waals surface area contributed by atoms with Crippen LogP contribution in [0.25, 0.3) is 0 Å². The van der Waals surface area contributed by atoms with Gasteiger partial charge in [0.1, 0.15) is 10.6 Å². The van der Waals surface area contributed by atoms with E-state index in [0.717, 1.165) is 24.8 Å². The first-order chi connectivity index (χ1) is 12.8. The molecule has 0 spiro atoms. The van der Waals surface area contributed by atoms with Gasteiger partial charge in [-0.25, -0.2) is 12.8 Å². The van der Waals surface area contributed by atoms with Crippen molar-refractivity contribution in [1.82, 2.24) is 4.31 Å². The van der Waals surface area contributed by atoms with Crippen molar-refractivity contribution in [3.05, 3.63) is 71.1 Å². The molecule has 0 aromatic heterocycles. The summed E-state index contributed by atoms with van der Waals surface area (Å²) in [6.07, 6.45) is 12.8. The Kier molecular flexibility index (Phi) is 4.63. The smallest absolute Gasteiger partial charge is 0.211 e. The highest BCUT2D eigenvalue weighted by atomic mass is 32.2. The Hall–Kier alpha value is -1.72. The highest BCUT2D eigenvalue weighted by molar-refractivity contribution is 7.90. The summed E-state index contributed by atoms with van der Waals surface area (Å²) in [7, 11) is -3.51. The fourth-order valence-corrected chi connectivity index (χ4v) is 6.69. The van der Waals surface area contributed by atoms with E-state index in [1.165, 1.54) is 11.6 Å². The summed E-state index contributed by atoms with van der Waals surface area (Å²) >= 11 is 0. The van der Waals surface area contributed by atoms with Gasteiger partial charge in [0, 0.05) is 12.5 Å². The molecule has 3 nitrogen and oxygen atoms in total. The highest BCUT2D eigenvalue weighted by Crippen LogP contribution is 2.45. The lowest BCUT2D eigenvalue weighted by Crippen LogP contribution is -2.49. The molecule has 1 aromatic carbocycles. The summed E-state index contributed by atoms with van der Waals surface area (Å²) < 4.78 is 41.8. The Morgan fingerprint density at radius 2 is 2.07 bits per heavy atom. The predicted octanol–water partition coefficient (Wildman–Crippen LogP) is 4.62. The second-order valence-electron chi connectivity index (χ2n) is 8.09. The number of allylic oxidation sites excluding steroid dienone is 4. The predicted molar refractivity (Wildman–Crippen MR) is 107 cm³/mol. The van der Waals surface area contributed by atoms with Crippen LogP contribution in [-0.2, 0) is 10.0 Å². The number of hydrogen-bond donors (Lipinski definition) is 0. The van der Waals surface area contributed by atoms with Gasteiger partial charge in [-0.3, -0.25) is 0 Å². The molecule has 5 heteroatoms. The number of sulfonamides is 1. The second-order valence-corrected chi connectivity index (χ2v) is 10.4. The maximum Gasteiger partial charge on any atom is 0.224 e. The highest BCUT2D eigenvalue weighted by Gasteiger charge is 2.49. The monoisotopic (exact) mass is 387 g/mol. The van der Waals surface area contributed by atoms with E-state index in [-0.39, 0.29) is 17.8 Å². The van der Waals surface area contributed by atoms with Crippen molar-refractivity contribution in [3.63, 3.8) is 0 Å². The molecule has 1 unspecified atom stereocenters. The summed E-state index contributed by atoms with van der Waals surface area (Å²) in [5, 5.41) is 0. The van der Waals surface area contributed by atoms with Crippen molar-refractivity contribution in [3.8, 4) is 0 Å². The van der Waals surface area contributed by atoms with Crippen molar-refractivity contribution in [2.45, 2.75) is 56.2 Å². The fourth-order valence-electron chi connectivity index (χ4n) is 4.68. The van der Waals surface area contributed by atoms with E-state index in [9.17, 15) is 12.8 Å². The van der Waals surface area contributed by atoms with Crippen LogP contribution >= 0.6 is 0 Å². The topological polar surface area (TPSA) is 37.4 Å². The third kappa shape index (κ3) is 3.01. The van der Waals surface area contributed by atoms with E-state index in [1.807, 2.05) is 43.4 Å². The van der Waals surface area contributed by atoms with E-state index in [2.05, 4.69) is 6.08 Å². The second kappa shape index (κ2) is 6.71. The molecule has 27 heavy (non-hydrogen) atoms. The molecule has 4 rings (SSSR count). The van der Waals surface area contributed by atoms with Crippen molar-refractivity contribution >= 4 is 10.0 Å². The molecule has 0 amide bonds. The number of halogens is 1. The van der Waals surface area contributed by atoms with Crippen molar-refractivity contribution < 1.29 is 12.8 Å². The Morgan fingerprint density at radius 3 is 2.78 bits per heavy atom. The Bertz CT molecular complexity index is 947. The van der Waals surface area contributed by atoms with Gasteiger partial charge < -0.3 is 0 Å². The maximum absolute atomic E-state index is 13.8. The number of aryl methyl sites for hydroxylation is 1. The van der Waals surface area contributed by atoms with Gasteiger partial charge in [-0.2, -0.15) is 4.31 Å². The lowest BCUT2D eigenvalue weighted by Gasteiger charge is -2.39. The number of hydrogen-bond acceptors (Lipinski definition) is 2. The van der Waals surface area contributed by atoms with Gasteiger partial charge in [0.25, 0.3) is 0 Å². The average molecular weight is 388 g/mol. The van der Waals surface area contributed by atoms with Crippen LogP contribution in [0.15, 0.2) is 54.2 Å². The van der Waals surface area contributed by atoms with Gasteiger partial charge >= 0.3 is 0 Å². The maximum atomic E-state index is 13.8.